The van der Waals surface area contributed by atoms with E-state index in [0.29, 0.717) is 6.54 Å². The Bertz CT molecular complexity index is 515. The SMILES string of the molecule is NC(=O)CNC(=O)C[NH+]1CCN(c2cccc(Cl)c2)CC1. The number of carbonyl (C=O) groups excluding carboxylic acids is 2. The van der Waals surface area contributed by atoms with E-state index >= 15 is 0 Å². The maximum atomic E-state index is 11.6. The molecule has 1 aromatic carbocycles. The zero-order valence-electron chi connectivity index (χ0n) is 11.8. The zero-order valence-corrected chi connectivity index (χ0v) is 12.5. The van der Waals surface area contributed by atoms with Crippen LogP contribution in [0.5, 0.6) is 0 Å². The molecule has 0 unspecified atom stereocenters. The lowest BCUT2D eigenvalue weighted by Gasteiger charge is -2.33. The molecule has 1 aromatic rings. The first-order valence-electron chi connectivity index (χ1n) is 6.93. The molecule has 0 aliphatic carbocycles. The van der Waals surface area contributed by atoms with E-state index in [9.17, 15) is 9.59 Å². The summed E-state index contributed by atoms with van der Waals surface area (Å²) in [6, 6.07) is 7.78. The number of piperazine rings is 1. The van der Waals surface area contributed by atoms with E-state index in [0.717, 1.165) is 36.9 Å². The van der Waals surface area contributed by atoms with Crippen LogP contribution in [0.1, 0.15) is 0 Å². The molecule has 0 radical (unpaired) electrons. The minimum Gasteiger partial charge on any atom is -0.368 e. The van der Waals surface area contributed by atoms with Gasteiger partial charge in [-0.15, -0.1) is 0 Å². The molecule has 7 heteroatoms. The van der Waals surface area contributed by atoms with Gasteiger partial charge in [-0.25, -0.2) is 0 Å². The van der Waals surface area contributed by atoms with Gasteiger partial charge in [-0.05, 0) is 18.2 Å². The number of hydrogen-bond acceptors (Lipinski definition) is 3. The van der Waals surface area contributed by atoms with Gasteiger partial charge in [-0.2, -0.15) is 0 Å². The van der Waals surface area contributed by atoms with Crippen molar-refractivity contribution in [1.29, 1.82) is 0 Å². The average molecular weight is 312 g/mol. The summed E-state index contributed by atoms with van der Waals surface area (Å²) in [4.78, 5) is 25.7. The lowest BCUT2D eigenvalue weighted by molar-refractivity contribution is -0.892. The normalized spacial score (nSPS) is 15.8. The summed E-state index contributed by atoms with van der Waals surface area (Å²) in [6.45, 7) is 3.77. The molecule has 21 heavy (non-hydrogen) atoms. The highest BCUT2D eigenvalue weighted by Crippen LogP contribution is 2.19. The van der Waals surface area contributed by atoms with Crippen molar-refractivity contribution >= 4 is 29.1 Å². The van der Waals surface area contributed by atoms with Crippen LogP contribution in [0.4, 0.5) is 5.69 Å². The summed E-state index contributed by atoms with van der Waals surface area (Å²) >= 11 is 6.00. The highest BCUT2D eigenvalue weighted by molar-refractivity contribution is 6.30. The van der Waals surface area contributed by atoms with Crippen molar-refractivity contribution in [2.75, 3.05) is 44.2 Å². The largest absolute Gasteiger partial charge is 0.368 e. The van der Waals surface area contributed by atoms with Crippen molar-refractivity contribution in [3.05, 3.63) is 29.3 Å². The van der Waals surface area contributed by atoms with Crippen LogP contribution >= 0.6 is 11.6 Å². The van der Waals surface area contributed by atoms with Gasteiger partial charge in [-0.3, -0.25) is 9.59 Å². The molecule has 1 fully saturated rings. The Balaban J connectivity index is 1.78. The van der Waals surface area contributed by atoms with Crippen molar-refractivity contribution in [3.8, 4) is 0 Å². The van der Waals surface area contributed by atoms with Gasteiger partial charge >= 0.3 is 0 Å². The quantitative estimate of drug-likeness (QED) is 0.629. The van der Waals surface area contributed by atoms with Crippen molar-refractivity contribution in [2.45, 2.75) is 0 Å². The monoisotopic (exact) mass is 311 g/mol. The van der Waals surface area contributed by atoms with Gasteiger partial charge in [-0.1, -0.05) is 17.7 Å². The molecule has 2 amide bonds. The Hall–Kier alpha value is -1.79. The fraction of sp³-hybridized carbons (Fsp3) is 0.429. The molecule has 0 bridgehead atoms. The smallest absolute Gasteiger partial charge is 0.275 e. The molecule has 0 aromatic heterocycles. The summed E-state index contributed by atoms with van der Waals surface area (Å²) < 4.78 is 0. The van der Waals surface area contributed by atoms with Crippen molar-refractivity contribution in [3.63, 3.8) is 0 Å². The highest BCUT2D eigenvalue weighted by atomic mass is 35.5. The third-order valence-electron chi connectivity index (χ3n) is 3.51. The number of benzene rings is 1. The number of halogens is 1. The summed E-state index contributed by atoms with van der Waals surface area (Å²) in [5.74, 6) is -0.663. The second-order valence-corrected chi connectivity index (χ2v) is 5.57. The van der Waals surface area contributed by atoms with E-state index in [4.69, 9.17) is 17.3 Å². The van der Waals surface area contributed by atoms with Crippen molar-refractivity contribution in [1.82, 2.24) is 5.32 Å². The lowest BCUT2D eigenvalue weighted by atomic mass is 10.2. The van der Waals surface area contributed by atoms with Crippen LogP contribution in [-0.4, -0.2) is 51.1 Å². The molecule has 0 saturated carbocycles. The van der Waals surface area contributed by atoms with Crippen LogP contribution in [0.25, 0.3) is 0 Å². The van der Waals surface area contributed by atoms with Crippen LogP contribution in [0.2, 0.25) is 5.02 Å². The number of carbonyl (C=O) groups is 2. The van der Waals surface area contributed by atoms with Crippen LogP contribution in [0.3, 0.4) is 0 Å². The molecule has 114 valence electrons. The first-order valence-corrected chi connectivity index (χ1v) is 7.31. The molecule has 6 nitrogen and oxygen atoms in total. The van der Waals surface area contributed by atoms with Crippen LogP contribution in [-0.2, 0) is 9.59 Å². The summed E-state index contributed by atoms with van der Waals surface area (Å²) in [6.07, 6.45) is 0. The highest BCUT2D eigenvalue weighted by Gasteiger charge is 2.22. The minimum atomic E-state index is -0.524. The number of nitrogens with zero attached hydrogens (tertiary/aromatic N) is 1. The number of rotatable bonds is 5. The van der Waals surface area contributed by atoms with Crippen LogP contribution in [0.15, 0.2) is 24.3 Å². The van der Waals surface area contributed by atoms with Gasteiger partial charge in [0.25, 0.3) is 5.91 Å². The number of nitrogens with two attached hydrogens (primary N) is 1. The molecule has 4 N–H and O–H groups in total. The zero-order chi connectivity index (χ0) is 15.2. The van der Waals surface area contributed by atoms with Crippen LogP contribution < -0.4 is 20.9 Å². The Morgan fingerprint density at radius 3 is 2.67 bits per heavy atom. The van der Waals surface area contributed by atoms with Gasteiger partial charge < -0.3 is 20.9 Å². The Kier molecular flexibility index (Phi) is 5.41. The molecular formula is C14H20ClN4O2+. The number of nitrogens with one attached hydrogen (secondary N) is 2. The van der Waals surface area contributed by atoms with Gasteiger partial charge in [0, 0.05) is 10.7 Å². The van der Waals surface area contributed by atoms with E-state index in [2.05, 4.69) is 10.2 Å². The fourth-order valence-corrected chi connectivity index (χ4v) is 2.59. The summed E-state index contributed by atoms with van der Waals surface area (Å²) in [7, 11) is 0. The number of hydrogen-bond donors (Lipinski definition) is 3. The fourth-order valence-electron chi connectivity index (χ4n) is 2.41. The summed E-state index contributed by atoms with van der Waals surface area (Å²) in [5, 5.41) is 3.24. The number of amides is 2. The maximum Gasteiger partial charge on any atom is 0.275 e. The Morgan fingerprint density at radius 2 is 2.05 bits per heavy atom. The summed E-state index contributed by atoms with van der Waals surface area (Å²) in [5.41, 5.74) is 6.10. The minimum absolute atomic E-state index is 0.0965. The predicted octanol–water partition coefficient (Wildman–Crippen LogP) is -1.35. The molecule has 0 atom stereocenters. The predicted molar refractivity (Wildman–Crippen MR) is 81.4 cm³/mol. The standard InChI is InChI=1S/C14H19ClN4O2/c15-11-2-1-3-12(8-11)19-6-4-18(5-7-19)10-14(21)17-9-13(16)20/h1-3,8H,4-7,9-10H2,(H2,16,20)(H,17,21)/p+1. The Morgan fingerprint density at radius 1 is 1.33 bits per heavy atom. The number of anilines is 1. The second-order valence-electron chi connectivity index (χ2n) is 5.14. The lowest BCUT2D eigenvalue weighted by Crippen LogP contribution is -3.16. The van der Waals surface area contributed by atoms with Gasteiger partial charge in [0.2, 0.25) is 5.91 Å². The van der Waals surface area contributed by atoms with E-state index in [-0.39, 0.29) is 12.5 Å². The first-order chi connectivity index (χ1) is 10.0. The van der Waals surface area contributed by atoms with Crippen molar-refractivity contribution in [2.24, 2.45) is 5.73 Å². The van der Waals surface area contributed by atoms with E-state index in [1.165, 1.54) is 4.90 Å². The van der Waals surface area contributed by atoms with E-state index < -0.39 is 5.91 Å². The topological polar surface area (TPSA) is 79.9 Å². The molecule has 1 saturated heterocycles. The first kappa shape index (κ1) is 15.6. The van der Waals surface area contributed by atoms with Gasteiger partial charge in [0.15, 0.2) is 6.54 Å². The molecule has 1 aliphatic heterocycles. The third kappa shape index (κ3) is 4.91. The second kappa shape index (κ2) is 7.28. The molecule has 1 aliphatic rings. The Labute approximate surface area is 128 Å². The average Bonchev–Trinajstić information content (AvgIpc) is 2.46. The molecule has 0 spiro atoms. The molecule has 1 heterocycles. The van der Waals surface area contributed by atoms with Crippen molar-refractivity contribution < 1.29 is 14.5 Å². The number of primary amides is 1. The van der Waals surface area contributed by atoms with E-state index in [1.807, 2.05) is 24.3 Å². The third-order valence-corrected chi connectivity index (χ3v) is 3.75. The van der Waals surface area contributed by atoms with Crippen LogP contribution in [0, 0.1) is 0 Å². The molecular weight excluding hydrogens is 292 g/mol. The van der Waals surface area contributed by atoms with Gasteiger partial charge in [0.05, 0.1) is 32.7 Å². The van der Waals surface area contributed by atoms with E-state index in [1.54, 1.807) is 0 Å². The molecule has 2 rings (SSSR count). The van der Waals surface area contributed by atoms with Gasteiger partial charge in [0.1, 0.15) is 0 Å². The maximum absolute atomic E-state index is 11.6. The number of quaternary nitrogens is 1.